The zero-order chi connectivity index (χ0) is 8.32. The molecule has 66 valence electrons. The highest BCUT2D eigenvalue weighted by molar-refractivity contribution is 6.20. The second-order valence-corrected chi connectivity index (χ2v) is 4.50. The lowest BCUT2D eigenvalue weighted by Crippen LogP contribution is -2.26. The van der Waals surface area contributed by atoms with E-state index in [1.54, 1.807) is 0 Å². The quantitative estimate of drug-likeness (QED) is 0.563. The molecule has 0 heterocycles. The van der Waals surface area contributed by atoms with E-state index < -0.39 is 5.60 Å². The molecule has 0 spiro atoms. The molecule has 1 nitrogen and oxygen atoms in total. The first kappa shape index (κ1) is 9.34. The Balaban J connectivity index is 2.38. The van der Waals surface area contributed by atoms with E-state index in [-0.39, 0.29) is 0 Å². The van der Waals surface area contributed by atoms with Gasteiger partial charge in [-0.25, -0.2) is 0 Å². The molecule has 0 aromatic heterocycles. The summed E-state index contributed by atoms with van der Waals surface area (Å²) in [5.74, 6) is 0. The summed E-state index contributed by atoms with van der Waals surface area (Å²) in [6.45, 7) is 1.92. The molecule has 1 saturated carbocycles. The van der Waals surface area contributed by atoms with Crippen molar-refractivity contribution < 1.29 is 5.11 Å². The van der Waals surface area contributed by atoms with Gasteiger partial charge in [0.2, 0.25) is 0 Å². The first-order valence-electron chi connectivity index (χ1n) is 4.47. The molecule has 1 aliphatic rings. The van der Waals surface area contributed by atoms with Crippen molar-refractivity contribution >= 4 is 11.6 Å². The maximum absolute atomic E-state index is 9.74. The highest BCUT2D eigenvalue weighted by Gasteiger charge is 2.23. The molecule has 0 bridgehead atoms. The first-order chi connectivity index (χ1) is 5.10. The van der Waals surface area contributed by atoms with Crippen LogP contribution in [0.5, 0.6) is 0 Å². The first-order valence-corrected chi connectivity index (χ1v) is 4.90. The fourth-order valence-electron chi connectivity index (χ4n) is 1.61. The van der Waals surface area contributed by atoms with Crippen LogP contribution in [0.4, 0.5) is 0 Å². The summed E-state index contributed by atoms with van der Waals surface area (Å²) in [6.07, 6.45) is 6.19. The highest BCUT2D eigenvalue weighted by Crippen LogP contribution is 2.27. The van der Waals surface area contributed by atoms with Gasteiger partial charge in [0, 0.05) is 5.38 Å². The van der Waals surface area contributed by atoms with Gasteiger partial charge >= 0.3 is 0 Å². The van der Waals surface area contributed by atoms with E-state index >= 15 is 0 Å². The van der Waals surface area contributed by atoms with Crippen molar-refractivity contribution in [3.05, 3.63) is 0 Å². The van der Waals surface area contributed by atoms with Crippen LogP contribution < -0.4 is 0 Å². The second-order valence-electron chi connectivity index (χ2n) is 3.88. The summed E-state index contributed by atoms with van der Waals surface area (Å²) in [7, 11) is 0. The van der Waals surface area contributed by atoms with E-state index in [2.05, 4.69) is 0 Å². The third-order valence-corrected chi connectivity index (χ3v) is 2.92. The Morgan fingerprint density at radius 2 is 2.00 bits per heavy atom. The van der Waals surface area contributed by atoms with Gasteiger partial charge in [-0.2, -0.15) is 0 Å². The van der Waals surface area contributed by atoms with E-state index in [1.807, 2.05) is 6.92 Å². The van der Waals surface area contributed by atoms with Crippen LogP contribution in [-0.4, -0.2) is 16.1 Å². The maximum Gasteiger partial charge on any atom is 0.0620 e. The lowest BCUT2D eigenvalue weighted by molar-refractivity contribution is 0.0332. The summed E-state index contributed by atoms with van der Waals surface area (Å²) >= 11 is 6.01. The van der Waals surface area contributed by atoms with Crippen LogP contribution >= 0.6 is 11.6 Å². The smallest absolute Gasteiger partial charge is 0.0620 e. The van der Waals surface area contributed by atoms with Crippen LogP contribution in [0, 0.1) is 0 Å². The molecule has 1 rings (SSSR count). The summed E-state index contributed by atoms with van der Waals surface area (Å²) < 4.78 is 0. The molecule has 1 aliphatic carbocycles. The predicted octanol–water partition coefficient (Wildman–Crippen LogP) is 2.70. The third kappa shape index (κ3) is 3.44. The average Bonchev–Trinajstić information content (AvgIpc) is 1.92. The molecule has 0 amide bonds. The molecule has 2 atom stereocenters. The Hall–Kier alpha value is 0.250. The standard InChI is InChI=1S/C9H17ClO/c1-9(11)6-3-2-4-8(10)5-7-9/h8,11H,2-7H2,1H3. The van der Waals surface area contributed by atoms with Crippen molar-refractivity contribution in [2.75, 3.05) is 0 Å². The molecule has 0 aliphatic heterocycles. The minimum Gasteiger partial charge on any atom is -0.390 e. The topological polar surface area (TPSA) is 20.2 Å². The second kappa shape index (κ2) is 3.77. The van der Waals surface area contributed by atoms with E-state index in [1.165, 1.54) is 6.42 Å². The monoisotopic (exact) mass is 176 g/mol. The molecule has 0 saturated heterocycles. The highest BCUT2D eigenvalue weighted by atomic mass is 35.5. The third-order valence-electron chi connectivity index (χ3n) is 2.48. The summed E-state index contributed by atoms with van der Waals surface area (Å²) in [4.78, 5) is 0. The lowest BCUT2D eigenvalue weighted by atomic mass is 9.89. The van der Waals surface area contributed by atoms with Crippen LogP contribution in [-0.2, 0) is 0 Å². The molecule has 2 heteroatoms. The Kier molecular flexibility index (Phi) is 3.20. The van der Waals surface area contributed by atoms with E-state index in [0.29, 0.717) is 5.38 Å². The minimum absolute atomic E-state index is 0.293. The molecule has 0 radical (unpaired) electrons. The number of hydrogen-bond acceptors (Lipinski definition) is 1. The van der Waals surface area contributed by atoms with E-state index in [0.717, 1.165) is 32.1 Å². The van der Waals surface area contributed by atoms with Crippen LogP contribution in [0.25, 0.3) is 0 Å². The van der Waals surface area contributed by atoms with Crippen LogP contribution in [0.2, 0.25) is 0 Å². The fourth-order valence-corrected chi connectivity index (χ4v) is 1.87. The van der Waals surface area contributed by atoms with E-state index in [4.69, 9.17) is 11.6 Å². The Labute approximate surface area is 73.8 Å². The summed E-state index contributed by atoms with van der Waals surface area (Å²) in [6, 6.07) is 0. The maximum atomic E-state index is 9.74. The van der Waals surface area contributed by atoms with Crippen LogP contribution in [0.15, 0.2) is 0 Å². The van der Waals surface area contributed by atoms with Gasteiger partial charge < -0.3 is 5.11 Å². The number of hydrogen-bond donors (Lipinski definition) is 1. The molecule has 0 aromatic rings. The van der Waals surface area contributed by atoms with Gasteiger partial charge in [-0.3, -0.25) is 0 Å². The molecule has 11 heavy (non-hydrogen) atoms. The SMILES string of the molecule is CC1(O)CCCCC(Cl)CC1. The lowest BCUT2D eigenvalue weighted by Gasteiger charge is -2.27. The molecule has 1 N–H and O–H groups in total. The van der Waals surface area contributed by atoms with Crippen LogP contribution in [0.3, 0.4) is 0 Å². The van der Waals surface area contributed by atoms with Crippen LogP contribution in [0.1, 0.15) is 45.4 Å². The molecule has 2 unspecified atom stereocenters. The van der Waals surface area contributed by atoms with Gasteiger partial charge in [0.05, 0.1) is 5.60 Å². The van der Waals surface area contributed by atoms with E-state index in [9.17, 15) is 5.11 Å². The van der Waals surface area contributed by atoms with Crippen molar-refractivity contribution in [1.82, 2.24) is 0 Å². The number of alkyl halides is 1. The molecule has 0 aromatic carbocycles. The van der Waals surface area contributed by atoms with Crippen molar-refractivity contribution in [2.45, 2.75) is 56.4 Å². The van der Waals surface area contributed by atoms with Gasteiger partial charge in [-0.05, 0) is 32.6 Å². The van der Waals surface area contributed by atoms with Crippen molar-refractivity contribution in [1.29, 1.82) is 0 Å². The van der Waals surface area contributed by atoms with Gasteiger partial charge in [-0.1, -0.05) is 12.8 Å². The average molecular weight is 177 g/mol. The Bertz CT molecular complexity index is 123. The molecular formula is C9H17ClO. The largest absolute Gasteiger partial charge is 0.390 e. The number of aliphatic hydroxyl groups is 1. The van der Waals surface area contributed by atoms with Crippen molar-refractivity contribution in [2.24, 2.45) is 0 Å². The number of rotatable bonds is 0. The number of halogens is 1. The van der Waals surface area contributed by atoms with Gasteiger partial charge in [0.15, 0.2) is 0 Å². The van der Waals surface area contributed by atoms with Gasteiger partial charge in [0.1, 0.15) is 0 Å². The summed E-state index contributed by atoms with van der Waals surface area (Å²) in [5.41, 5.74) is -0.451. The van der Waals surface area contributed by atoms with Crippen molar-refractivity contribution in [3.8, 4) is 0 Å². The summed E-state index contributed by atoms with van der Waals surface area (Å²) in [5, 5.41) is 10.0. The van der Waals surface area contributed by atoms with Crippen molar-refractivity contribution in [3.63, 3.8) is 0 Å². The normalized spacial score (nSPS) is 41.2. The molecular weight excluding hydrogens is 160 g/mol. The molecule has 1 fully saturated rings. The van der Waals surface area contributed by atoms with Gasteiger partial charge in [0.25, 0.3) is 0 Å². The minimum atomic E-state index is -0.451. The zero-order valence-corrected chi connectivity index (χ0v) is 7.90. The predicted molar refractivity (Wildman–Crippen MR) is 48.0 cm³/mol. The van der Waals surface area contributed by atoms with Gasteiger partial charge in [-0.15, -0.1) is 11.6 Å². The Morgan fingerprint density at radius 3 is 2.73 bits per heavy atom. The Morgan fingerprint density at radius 1 is 1.27 bits per heavy atom. The zero-order valence-electron chi connectivity index (χ0n) is 7.15. The fraction of sp³-hybridized carbons (Fsp3) is 1.00.